The molecule has 110 valence electrons. The maximum atomic E-state index is 11.0. The van der Waals surface area contributed by atoms with Crippen molar-refractivity contribution in [1.29, 1.82) is 0 Å². The number of carbonyl (C=O) groups excluding carboxylic acids is 1. The molecular formula is C16H18N2O3. The topological polar surface area (TPSA) is 87.6 Å². The van der Waals surface area contributed by atoms with Crippen molar-refractivity contribution in [2.75, 3.05) is 5.73 Å². The van der Waals surface area contributed by atoms with Crippen LogP contribution in [0.2, 0.25) is 0 Å². The largest absolute Gasteiger partial charge is 0.489 e. The average Bonchev–Trinajstić information content (AvgIpc) is 2.43. The number of hydrogen-bond acceptors (Lipinski definition) is 4. The molecule has 2 rings (SSSR count). The molecule has 0 spiro atoms. The van der Waals surface area contributed by atoms with E-state index in [1.165, 1.54) is 0 Å². The summed E-state index contributed by atoms with van der Waals surface area (Å²) in [5, 5.41) is 0. The van der Waals surface area contributed by atoms with Crippen LogP contribution in [0.3, 0.4) is 0 Å². The fourth-order valence-corrected chi connectivity index (χ4v) is 1.78. The van der Waals surface area contributed by atoms with Crippen LogP contribution >= 0.6 is 0 Å². The van der Waals surface area contributed by atoms with Gasteiger partial charge in [0, 0.05) is 5.56 Å². The first kappa shape index (κ1) is 14.7. The normalized spacial score (nSPS) is 10.4. The molecule has 2 aromatic rings. The summed E-state index contributed by atoms with van der Waals surface area (Å²) in [5.74, 6) is 1.16. The molecule has 4 N–H and O–H groups in total. The van der Waals surface area contributed by atoms with Crippen LogP contribution in [0.1, 0.15) is 24.2 Å². The Morgan fingerprint density at radius 2 is 1.67 bits per heavy atom. The van der Waals surface area contributed by atoms with Gasteiger partial charge in [-0.05, 0) is 50.2 Å². The number of ether oxygens (including phenoxy) is 2. The smallest absolute Gasteiger partial charge is 0.248 e. The first-order valence-corrected chi connectivity index (χ1v) is 6.60. The molecule has 0 aliphatic heterocycles. The van der Waals surface area contributed by atoms with Crippen molar-refractivity contribution in [1.82, 2.24) is 0 Å². The number of carbonyl (C=O) groups is 1. The molecule has 0 radical (unpaired) electrons. The van der Waals surface area contributed by atoms with Gasteiger partial charge in [-0.2, -0.15) is 0 Å². The van der Waals surface area contributed by atoms with Gasteiger partial charge in [-0.15, -0.1) is 0 Å². The van der Waals surface area contributed by atoms with Gasteiger partial charge in [0.15, 0.2) is 5.75 Å². The lowest BCUT2D eigenvalue weighted by molar-refractivity contribution is 0.100. The maximum absolute atomic E-state index is 11.0. The zero-order valence-electron chi connectivity index (χ0n) is 12.0. The van der Waals surface area contributed by atoms with Gasteiger partial charge in [0.2, 0.25) is 5.91 Å². The van der Waals surface area contributed by atoms with Crippen molar-refractivity contribution in [3.05, 3.63) is 48.0 Å². The maximum Gasteiger partial charge on any atom is 0.248 e. The van der Waals surface area contributed by atoms with Crippen molar-refractivity contribution >= 4 is 11.6 Å². The van der Waals surface area contributed by atoms with E-state index in [9.17, 15) is 4.79 Å². The van der Waals surface area contributed by atoms with Crippen LogP contribution in [0.5, 0.6) is 17.2 Å². The lowest BCUT2D eigenvalue weighted by Crippen LogP contribution is -2.10. The predicted octanol–water partition coefficient (Wildman–Crippen LogP) is 2.95. The molecule has 1 amide bonds. The number of anilines is 1. The molecular weight excluding hydrogens is 268 g/mol. The molecule has 0 aromatic heterocycles. The molecule has 0 unspecified atom stereocenters. The first-order chi connectivity index (χ1) is 9.97. The Morgan fingerprint density at radius 3 is 2.24 bits per heavy atom. The second kappa shape index (κ2) is 6.17. The molecule has 0 bridgehead atoms. The second-order valence-corrected chi connectivity index (χ2v) is 4.83. The minimum absolute atomic E-state index is 0.0254. The van der Waals surface area contributed by atoms with E-state index in [0.717, 1.165) is 0 Å². The average molecular weight is 286 g/mol. The van der Waals surface area contributed by atoms with Gasteiger partial charge in [0.05, 0.1) is 6.10 Å². The monoisotopic (exact) mass is 286 g/mol. The van der Waals surface area contributed by atoms with Crippen LogP contribution in [0.15, 0.2) is 42.5 Å². The molecule has 5 nitrogen and oxygen atoms in total. The second-order valence-electron chi connectivity index (χ2n) is 4.83. The molecule has 0 saturated carbocycles. The number of hydrogen-bond donors (Lipinski definition) is 2. The molecule has 0 aliphatic rings. The van der Waals surface area contributed by atoms with E-state index >= 15 is 0 Å². The summed E-state index contributed by atoms with van der Waals surface area (Å²) >= 11 is 0. The standard InChI is InChI=1S/C16H18N2O3/c1-10(2)20-13-4-3-5-14(15(13)17)21-12-8-6-11(7-9-12)16(18)19/h3-10H,17H2,1-2H3,(H2,18,19). The number of nitrogen functional groups attached to an aromatic ring is 1. The minimum Gasteiger partial charge on any atom is -0.489 e. The van der Waals surface area contributed by atoms with E-state index in [4.69, 9.17) is 20.9 Å². The van der Waals surface area contributed by atoms with E-state index in [-0.39, 0.29) is 6.10 Å². The quantitative estimate of drug-likeness (QED) is 0.827. The zero-order chi connectivity index (χ0) is 15.4. The highest BCUT2D eigenvalue weighted by Crippen LogP contribution is 2.35. The molecule has 0 heterocycles. The first-order valence-electron chi connectivity index (χ1n) is 6.60. The molecule has 0 atom stereocenters. The summed E-state index contributed by atoms with van der Waals surface area (Å²) in [6, 6.07) is 11.9. The molecule has 0 aliphatic carbocycles. The number of amides is 1. The number of para-hydroxylation sites is 1. The Kier molecular flexibility index (Phi) is 4.33. The van der Waals surface area contributed by atoms with Crippen molar-refractivity contribution in [3.8, 4) is 17.2 Å². The van der Waals surface area contributed by atoms with Crippen molar-refractivity contribution in [2.24, 2.45) is 5.73 Å². The van der Waals surface area contributed by atoms with Gasteiger partial charge in [-0.3, -0.25) is 4.79 Å². The SMILES string of the molecule is CC(C)Oc1cccc(Oc2ccc(C(N)=O)cc2)c1N. The van der Waals surface area contributed by atoms with E-state index in [1.54, 1.807) is 42.5 Å². The number of primary amides is 1. The van der Waals surface area contributed by atoms with Crippen LogP contribution in [-0.2, 0) is 0 Å². The molecule has 21 heavy (non-hydrogen) atoms. The summed E-state index contributed by atoms with van der Waals surface area (Å²) in [6.07, 6.45) is 0.0254. The summed E-state index contributed by atoms with van der Waals surface area (Å²) in [4.78, 5) is 11.0. The van der Waals surface area contributed by atoms with Crippen molar-refractivity contribution < 1.29 is 14.3 Å². The highest BCUT2D eigenvalue weighted by atomic mass is 16.5. The summed E-state index contributed by atoms with van der Waals surface area (Å²) in [5.41, 5.74) is 12.1. The van der Waals surface area contributed by atoms with Crippen LogP contribution in [0.4, 0.5) is 5.69 Å². The molecule has 2 aromatic carbocycles. The zero-order valence-corrected chi connectivity index (χ0v) is 12.0. The van der Waals surface area contributed by atoms with Gasteiger partial charge in [-0.25, -0.2) is 0 Å². The fraction of sp³-hybridized carbons (Fsp3) is 0.188. The fourth-order valence-electron chi connectivity index (χ4n) is 1.78. The Bertz CT molecular complexity index is 636. The number of rotatable bonds is 5. The summed E-state index contributed by atoms with van der Waals surface area (Å²) in [6.45, 7) is 3.85. The number of benzene rings is 2. The van der Waals surface area contributed by atoms with Crippen LogP contribution in [-0.4, -0.2) is 12.0 Å². The predicted molar refractivity (Wildman–Crippen MR) is 81.7 cm³/mol. The minimum atomic E-state index is -0.478. The van der Waals surface area contributed by atoms with Crippen LogP contribution in [0.25, 0.3) is 0 Å². The highest BCUT2D eigenvalue weighted by Gasteiger charge is 2.10. The van der Waals surface area contributed by atoms with Crippen molar-refractivity contribution in [2.45, 2.75) is 20.0 Å². The summed E-state index contributed by atoms with van der Waals surface area (Å²) in [7, 11) is 0. The van der Waals surface area contributed by atoms with Gasteiger partial charge >= 0.3 is 0 Å². The summed E-state index contributed by atoms with van der Waals surface area (Å²) < 4.78 is 11.3. The third kappa shape index (κ3) is 3.66. The highest BCUT2D eigenvalue weighted by molar-refractivity contribution is 5.92. The Hall–Kier alpha value is -2.69. The Labute approximate surface area is 123 Å². The lowest BCUT2D eigenvalue weighted by Gasteiger charge is -2.15. The molecule has 0 saturated heterocycles. The Morgan fingerprint density at radius 1 is 1.05 bits per heavy atom. The van der Waals surface area contributed by atoms with Gasteiger partial charge in [-0.1, -0.05) is 6.07 Å². The van der Waals surface area contributed by atoms with Gasteiger partial charge in [0.25, 0.3) is 0 Å². The third-order valence-corrected chi connectivity index (χ3v) is 2.76. The van der Waals surface area contributed by atoms with Crippen LogP contribution < -0.4 is 20.9 Å². The van der Waals surface area contributed by atoms with Crippen molar-refractivity contribution in [3.63, 3.8) is 0 Å². The van der Waals surface area contributed by atoms with E-state index in [1.807, 2.05) is 13.8 Å². The van der Waals surface area contributed by atoms with E-state index in [0.29, 0.717) is 28.5 Å². The number of nitrogens with two attached hydrogens (primary N) is 2. The third-order valence-electron chi connectivity index (χ3n) is 2.76. The lowest BCUT2D eigenvalue weighted by atomic mass is 10.2. The van der Waals surface area contributed by atoms with E-state index in [2.05, 4.69) is 0 Å². The molecule has 5 heteroatoms. The Balaban J connectivity index is 2.21. The van der Waals surface area contributed by atoms with Gasteiger partial charge in [0.1, 0.15) is 17.2 Å². The van der Waals surface area contributed by atoms with Gasteiger partial charge < -0.3 is 20.9 Å². The molecule has 0 fully saturated rings. The van der Waals surface area contributed by atoms with Crippen LogP contribution in [0, 0.1) is 0 Å². The van der Waals surface area contributed by atoms with E-state index < -0.39 is 5.91 Å².